The summed E-state index contributed by atoms with van der Waals surface area (Å²) in [6.45, 7) is 8.11. The number of rotatable bonds is 3. The van der Waals surface area contributed by atoms with Crippen LogP contribution in [0, 0.1) is 17.8 Å². The van der Waals surface area contributed by atoms with Crippen LogP contribution in [-0.2, 0) is 0 Å². The van der Waals surface area contributed by atoms with Crippen LogP contribution in [0.15, 0.2) is 0 Å². The fourth-order valence-corrected chi connectivity index (χ4v) is 3.76. The van der Waals surface area contributed by atoms with Crippen LogP contribution in [0.25, 0.3) is 0 Å². The Morgan fingerprint density at radius 3 is 2.25 bits per heavy atom. The van der Waals surface area contributed by atoms with Gasteiger partial charge >= 0.3 is 0 Å². The molecule has 0 saturated heterocycles. The molecule has 2 unspecified atom stereocenters. The van der Waals surface area contributed by atoms with E-state index in [1.54, 1.807) is 0 Å². The molecule has 1 heteroatoms. The second kappa shape index (κ2) is 5.08. The Labute approximate surface area is 101 Å². The first-order valence-electron chi connectivity index (χ1n) is 7.31. The fourth-order valence-electron chi connectivity index (χ4n) is 3.76. The summed E-state index contributed by atoms with van der Waals surface area (Å²) in [6.07, 6.45) is 10.5. The third kappa shape index (κ3) is 3.23. The molecule has 2 saturated carbocycles. The lowest BCUT2D eigenvalue weighted by Gasteiger charge is -2.29. The molecule has 0 aliphatic heterocycles. The number of nitrogens with one attached hydrogen (secondary N) is 1. The minimum Gasteiger partial charge on any atom is -0.312 e. The third-order valence-corrected chi connectivity index (χ3v) is 4.62. The van der Waals surface area contributed by atoms with Crippen LogP contribution in [0.2, 0.25) is 0 Å². The molecule has 0 radical (unpaired) electrons. The monoisotopic (exact) mass is 223 g/mol. The molecule has 2 atom stereocenters. The van der Waals surface area contributed by atoms with Gasteiger partial charge in [0.25, 0.3) is 0 Å². The van der Waals surface area contributed by atoms with Gasteiger partial charge in [0.05, 0.1) is 0 Å². The Kier molecular flexibility index (Phi) is 3.94. The Bertz CT molecular complexity index is 210. The molecule has 2 aliphatic rings. The van der Waals surface area contributed by atoms with E-state index in [1.807, 2.05) is 0 Å². The predicted octanol–water partition coefficient (Wildman–Crippen LogP) is 3.98. The Morgan fingerprint density at radius 2 is 1.62 bits per heavy atom. The van der Waals surface area contributed by atoms with Gasteiger partial charge in [-0.15, -0.1) is 0 Å². The molecule has 0 bridgehead atoms. The first-order chi connectivity index (χ1) is 7.56. The van der Waals surface area contributed by atoms with Gasteiger partial charge in [0.2, 0.25) is 0 Å². The average molecular weight is 223 g/mol. The van der Waals surface area contributed by atoms with E-state index in [1.165, 1.54) is 51.5 Å². The Hall–Kier alpha value is -0.0400. The first-order valence-corrected chi connectivity index (χ1v) is 7.31. The maximum atomic E-state index is 3.72. The SMILES string of the molecule is CC(C)(C)NCC1CCCC1C1CCCC1. The van der Waals surface area contributed by atoms with Crippen molar-refractivity contribution >= 4 is 0 Å². The van der Waals surface area contributed by atoms with Crippen LogP contribution < -0.4 is 5.32 Å². The van der Waals surface area contributed by atoms with Gasteiger partial charge in [0.15, 0.2) is 0 Å². The lowest BCUT2D eigenvalue weighted by Crippen LogP contribution is -2.40. The molecule has 0 spiro atoms. The fraction of sp³-hybridized carbons (Fsp3) is 1.00. The standard InChI is InChI=1S/C15H29N/c1-15(2,3)16-11-13-9-6-10-14(13)12-7-4-5-8-12/h12-14,16H,4-11H2,1-3H3. The zero-order valence-electron chi connectivity index (χ0n) is 11.4. The summed E-state index contributed by atoms with van der Waals surface area (Å²) in [5, 5.41) is 3.72. The smallest absolute Gasteiger partial charge is 0.00966 e. The Morgan fingerprint density at radius 1 is 0.938 bits per heavy atom. The molecule has 0 aromatic rings. The molecule has 94 valence electrons. The highest BCUT2D eigenvalue weighted by molar-refractivity contribution is 4.87. The van der Waals surface area contributed by atoms with Crippen molar-refractivity contribution in [3.05, 3.63) is 0 Å². The highest BCUT2D eigenvalue weighted by Gasteiger charge is 2.34. The maximum absolute atomic E-state index is 3.72. The average Bonchev–Trinajstić information content (AvgIpc) is 2.84. The normalized spacial score (nSPS) is 32.4. The minimum atomic E-state index is 0.294. The Balaban J connectivity index is 1.83. The lowest BCUT2D eigenvalue weighted by atomic mass is 9.82. The van der Waals surface area contributed by atoms with Crippen LogP contribution in [-0.4, -0.2) is 12.1 Å². The maximum Gasteiger partial charge on any atom is 0.00966 e. The molecule has 2 rings (SSSR count). The molecule has 0 heterocycles. The van der Waals surface area contributed by atoms with Gasteiger partial charge < -0.3 is 5.32 Å². The zero-order chi connectivity index (χ0) is 11.6. The zero-order valence-corrected chi connectivity index (χ0v) is 11.4. The van der Waals surface area contributed by atoms with E-state index in [0.29, 0.717) is 5.54 Å². The molecule has 16 heavy (non-hydrogen) atoms. The second-order valence-electron chi connectivity index (χ2n) is 7.03. The van der Waals surface area contributed by atoms with Crippen LogP contribution in [0.1, 0.15) is 65.7 Å². The molecule has 1 nitrogen and oxygen atoms in total. The molecule has 0 aromatic heterocycles. The van der Waals surface area contributed by atoms with Crippen molar-refractivity contribution in [1.82, 2.24) is 5.32 Å². The van der Waals surface area contributed by atoms with E-state index in [2.05, 4.69) is 26.1 Å². The highest BCUT2D eigenvalue weighted by atomic mass is 14.9. The van der Waals surface area contributed by atoms with Crippen molar-refractivity contribution in [3.63, 3.8) is 0 Å². The van der Waals surface area contributed by atoms with Gasteiger partial charge in [-0.05, 0) is 57.9 Å². The van der Waals surface area contributed by atoms with Gasteiger partial charge in [-0.1, -0.05) is 32.1 Å². The van der Waals surface area contributed by atoms with Crippen molar-refractivity contribution in [2.24, 2.45) is 17.8 Å². The molecule has 2 aliphatic carbocycles. The van der Waals surface area contributed by atoms with E-state index in [9.17, 15) is 0 Å². The van der Waals surface area contributed by atoms with Gasteiger partial charge in [-0.3, -0.25) is 0 Å². The van der Waals surface area contributed by atoms with Gasteiger partial charge in [0, 0.05) is 5.54 Å². The van der Waals surface area contributed by atoms with E-state index in [-0.39, 0.29) is 0 Å². The van der Waals surface area contributed by atoms with Crippen molar-refractivity contribution in [2.75, 3.05) is 6.54 Å². The van der Waals surface area contributed by atoms with Gasteiger partial charge in [-0.2, -0.15) is 0 Å². The summed E-state index contributed by atoms with van der Waals surface area (Å²) in [4.78, 5) is 0. The lowest BCUT2D eigenvalue weighted by molar-refractivity contribution is 0.242. The third-order valence-electron chi connectivity index (χ3n) is 4.62. The van der Waals surface area contributed by atoms with Crippen molar-refractivity contribution in [2.45, 2.75) is 71.3 Å². The summed E-state index contributed by atoms with van der Waals surface area (Å²) in [7, 11) is 0. The highest BCUT2D eigenvalue weighted by Crippen LogP contribution is 2.43. The number of hydrogen-bond acceptors (Lipinski definition) is 1. The predicted molar refractivity (Wildman–Crippen MR) is 70.5 cm³/mol. The summed E-state index contributed by atoms with van der Waals surface area (Å²) in [5.74, 6) is 3.11. The quantitative estimate of drug-likeness (QED) is 0.763. The molecule has 2 fully saturated rings. The molecule has 1 N–H and O–H groups in total. The summed E-state index contributed by atoms with van der Waals surface area (Å²) < 4.78 is 0. The molecular formula is C15H29N. The van der Waals surface area contributed by atoms with E-state index >= 15 is 0 Å². The van der Waals surface area contributed by atoms with Crippen molar-refractivity contribution < 1.29 is 0 Å². The minimum absolute atomic E-state index is 0.294. The van der Waals surface area contributed by atoms with Gasteiger partial charge in [-0.25, -0.2) is 0 Å². The topological polar surface area (TPSA) is 12.0 Å². The van der Waals surface area contributed by atoms with Crippen LogP contribution in [0.4, 0.5) is 0 Å². The van der Waals surface area contributed by atoms with Crippen LogP contribution in [0.5, 0.6) is 0 Å². The molecular weight excluding hydrogens is 194 g/mol. The summed E-state index contributed by atoms with van der Waals surface area (Å²) in [5.41, 5.74) is 0.294. The van der Waals surface area contributed by atoms with E-state index in [0.717, 1.165) is 17.8 Å². The number of hydrogen-bond donors (Lipinski definition) is 1. The largest absolute Gasteiger partial charge is 0.312 e. The molecule has 0 amide bonds. The van der Waals surface area contributed by atoms with Crippen molar-refractivity contribution in [1.29, 1.82) is 0 Å². The summed E-state index contributed by atoms with van der Waals surface area (Å²) in [6, 6.07) is 0. The molecule has 0 aromatic carbocycles. The van der Waals surface area contributed by atoms with Crippen LogP contribution in [0.3, 0.4) is 0 Å². The summed E-state index contributed by atoms with van der Waals surface area (Å²) >= 11 is 0. The van der Waals surface area contributed by atoms with Crippen LogP contribution >= 0.6 is 0 Å². The van der Waals surface area contributed by atoms with Crippen molar-refractivity contribution in [3.8, 4) is 0 Å². The van der Waals surface area contributed by atoms with Gasteiger partial charge in [0.1, 0.15) is 0 Å². The van der Waals surface area contributed by atoms with E-state index < -0.39 is 0 Å². The van der Waals surface area contributed by atoms with E-state index in [4.69, 9.17) is 0 Å². The second-order valence-corrected chi connectivity index (χ2v) is 7.03. The first kappa shape index (κ1) is 12.4.